The second kappa shape index (κ2) is 5.93. The number of hydrogen-bond acceptors (Lipinski definition) is 5. The predicted molar refractivity (Wildman–Crippen MR) is 80.2 cm³/mol. The van der Waals surface area contributed by atoms with Crippen LogP contribution in [0.3, 0.4) is 0 Å². The van der Waals surface area contributed by atoms with Crippen LogP contribution in [0.4, 0.5) is 13.2 Å². The highest BCUT2D eigenvalue weighted by molar-refractivity contribution is 7.87. The van der Waals surface area contributed by atoms with Gasteiger partial charge in [-0.25, -0.2) is 0 Å². The molecule has 0 unspecified atom stereocenters. The number of nitrogens with zero attached hydrogens (tertiary/aromatic N) is 3. The van der Waals surface area contributed by atoms with Crippen LogP contribution in [0.15, 0.2) is 36.1 Å². The van der Waals surface area contributed by atoms with E-state index in [0.717, 1.165) is 11.6 Å². The van der Waals surface area contributed by atoms with Crippen LogP contribution in [0.2, 0.25) is 0 Å². The lowest BCUT2D eigenvalue weighted by atomic mass is 10.2. The zero-order valence-corrected chi connectivity index (χ0v) is 13.3. The Kier molecular flexibility index (Phi) is 4.04. The van der Waals surface area contributed by atoms with Gasteiger partial charge in [0.2, 0.25) is 0 Å². The van der Waals surface area contributed by atoms with Crippen molar-refractivity contribution in [2.45, 2.75) is 18.5 Å². The molecule has 130 valence electrons. The lowest BCUT2D eigenvalue weighted by molar-refractivity contribution is -0.0522. The first-order valence-corrected chi connectivity index (χ1v) is 8.37. The Morgan fingerprint density at radius 3 is 2.56 bits per heavy atom. The number of allylic oxidation sites excluding steroid dienone is 1. The lowest BCUT2D eigenvalue weighted by Gasteiger charge is -2.09. The molecule has 0 atom stereocenters. The van der Waals surface area contributed by atoms with Crippen molar-refractivity contribution < 1.29 is 25.8 Å². The zero-order chi connectivity index (χ0) is 18.2. The maximum Gasteiger partial charge on any atom is 0.534 e. The van der Waals surface area contributed by atoms with Crippen LogP contribution >= 0.6 is 0 Å². The molecule has 0 N–H and O–H groups in total. The first-order chi connectivity index (χ1) is 11.7. The SMILES string of the molecule is N#Cc1nn(Cc2ccccc2)c2c1CC(OS(=O)(=O)C(F)(F)F)=C2. The van der Waals surface area contributed by atoms with E-state index in [2.05, 4.69) is 9.28 Å². The van der Waals surface area contributed by atoms with Crippen molar-refractivity contribution in [3.05, 3.63) is 58.6 Å². The van der Waals surface area contributed by atoms with Gasteiger partial charge >= 0.3 is 15.6 Å². The number of aromatic nitrogens is 2. The van der Waals surface area contributed by atoms with Crippen LogP contribution in [0.5, 0.6) is 0 Å². The third-order valence-corrected chi connectivity index (χ3v) is 4.52. The van der Waals surface area contributed by atoms with Gasteiger partial charge in [0.05, 0.1) is 12.2 Å². The summed E-state index contributed by atoms with van der Waals surface area (Å²) in [6.07, 6.45) is 0.914. The summed E-state index contributed by atoms with van der Waals surface area (Å²) in [6.45, 7) is 0.278. The number of rotatable bonds is 4. The Morgan fingerprint density at radius 2 is 1.96 bits per heavy atom. The van der Waals surface area contributed by atoms with Gasteiger partial charge in [-0.1, -0.05) is 30.3 Å². The molecule has 0 fully saturated rings. The van der Waals surface area contributed by atoms with Crippen LogP contribution in [0, 0.1) is 11.3 Å². The van der Waals surface area contributed by atoms with E-state index in [4.69, 9.17) is 5.26 Å². The van der Waals surface area contributed by atoms with E-state index in [1.165, 1.54) is 4.68 Å². The molecular weight excluding hydrogens is 359 g/mol. The molecule has 1 heterocycles. The maximum absolute atomic E-state index is 12.4. The van der Waals surface area contributed by atoms with Crippen molar-refractivity contribution in [2.75, 3.05) is 0 Å². The highest BCUT2D eigenvalue weighted by Gasteiger charge is 2.49. The molecule has 1 aromatic heterocycles. The van der Waals surface area contributed by atoms with Crippen molar-refractivity contribution >= 4 is 16.2 Å². The summed E-state index contributed by atoms with van der Waals surface area (Å²) in [6, 6.07) is 10.9. The number of alkyl halides is 3. The highest BCUT2D eigenvalue weighted by Crippen LogP contribution is 2.33. The average Bonchev–Trinajstić information content (AvgIpc) is 3.06. The van der Waals surface area contributed by atoms with Gasteiger partial charge in [-0.3, -0.25) is 4.68 Å². The van der Waals surface area contributed by atoms with Gasteiger partial charge < -0.3 is 4.18 Å². The standard InChI is InChI=1S/C15H10F3N3O3S/c16-15(17,18)25(22,23)24-11-6-12-13(8-19)20-21(14(12)7-11)9-10-4-2-1-3-5-10/h1-5,7H,6,9H2. The number of benzene rings is 1. The van der Waals surface area contributed by atoms with Crippen molar-refractivity contribution in [3.63, 3.8) is 0 Å². The first-order valence-electron chi connectivity index (χ1n) is 6.96. The van der Waals surface area contributed by atoms with Crippen LogP contribution in [0.25, 0.3) is 6.08 Å². The molecule has 3 rings (SSSR count). The van der Waals surface area contributed by atoms with E-state index in [1.807, 2.05) is 36.4 Å². The molecule has 0 radical (unpaired) electrons. The molecule has 1 aromatic carbocycles. The molecule has 6 nitrogen and oxygen atoms in total. The zero-order valence-electron chi connectivity index (χ0n) is 12.5. The maximum atomic E-state index is 12.4. The summed E-state index contributed by atoms with van der Waals surface area (Å²) in [5.41, 5.74) is -3.94. The van der Waals surface area contributed by atoms with Gasteiger partial charge in [0, 0.05) is 18.1 Å². The van der Waals surface area contributed by atoms with E-state index in [-0.39, 0.29) is 18.7 Å². The Hall–Kier alpha value is -2.80. The summed E-state index contributed by atoms with van der Waals surface area (Å²) in [7, 11) is -5.75. The van der Waals surface area contributed by atoms with Crippen molar-refractivity contribution in [2.24, 2.45) is 0 Å². The van der Waals surface area contributed by atoms with Crippen molar-refractivity contribution in [3.8, 4) is 6.07 Å². The predicted octanol–water partition coefficient (Wildman–Crippen LogP) is 2.57. The molecule has 1 aliphatic carbocycles. The quantitative estimate of drug-likeness (QED) is 0.611. The van der Waals surface area contributed by atoms with Gasteiger partial charge in [-0.2, -0.15) is 31.9 Å². The fourth-order valence-corrected chi connectivity index (χ4v) is 2.92. The van der Waals surface area contributed by atoms with Gasteiger partial charge in [-0.05, 0) is 5.56 Å². The lowest BCUT2D eigenvalue weighted by Crippen LogP contribution is -2.25. The van der Waals surface area contributed by atoms with Gasteiger partial charge in [0.25, 0.3) is 0 Å². The van der Waals surface area contributed by atoms with Crippen LogP contribution in [-0.4, -0.2) is 23.7 Å². The Morgan fingerprint density at radius 1 is 1.28 bits per heavy atom. The average molecular weight is 369 g/mol. The Labute approximate surface area is 140 Å². The summed E-state index contributed by atoms with van der Waals surface area (Å²) < 4.78 is 65.2. The fourth-order valence-electron chi connectivity index (χ4n) is 2.43. The van der Waals surface area contributed by atoms with E-state index in [9.17, 15) is 21.6 Å². The smallest absolute Gasteiger partial charge is 0.380 e. The minimum Gasteiger partial charge on any atom is -0.380 e. The summed E-state index contributed by atoms with van der Waals surface area (Å²) in [5.74, 6) is -0.400. The minimum atomic E-state index is -5.75. The fraction of sp³-hybridized carbons (Fsp3) is 0.200. The van der Waals surface area contributed by atoms with E-state index in [0.29, 0.717) is 11.3 Å². The molecule has 25 heavy (non-hydrogen) atoms. The van der Waals surface area contributed by atoms with Crippen molar-refractivity contribution in [1.29, 1.82) is 5.26 Å². The summed E-state index contributed by atoms with van der Waals surface area (Å²) >= 11 is 0. The number of fused-ring (bicyclic) bond motifs is 1. The Bertz CT molecular complexity index is 987. The van der Waals surface area contributed by atoms with Crippen LogP contribution < -0.4 is 0 Å². The molecule has 2 aromatic rings. The summed E-state index contributed by atoms with van der Waals surface area (Å²) in [5, 5.41) is 13.3. The number of nitriles is 1. The van der Waals surface area contributed by atoms with Crippen molar-refractivity contribution in [1.82, 2.24) is 9.78 Å². The highest BCUT2D eigenvalue weighted by atomic mass is 32.2. The monoisotopic (exact) mass is 369 g/mol. The van der Waals surface area contributed by atoms with Gasteiger partial charge in [-0.15, -0.1) is 0 Å². The van der Waals surface area contributed by atoms with Crippen LogP contribution in [0.1, 0.15) is 22.5 Å². The normalized spacial score (nSPS) is 13.9. The van der Waals surface area contributed by atoms with E-state index < -0.39 is 21.4 Å². The molecular formula is C15H10F3N3O3S. The van der Waals surface area contributed by atoms with Gasteiger partial charge in [0.15, 0.2) is 5.69 Å². The second-order valence-corrected chi connectivity index (χ2v) is 6.78. The largest absolute Gasteiger partial charge is 0.534 e. The van der Waals surface area contributed by atoms with Gasteiger partial charge in [0.1, 0.15) is 11.8 Å². The molecule has 0 spiro atoms. The molecule has 1 aliphatic rings. The number of halogens is 3. The molecule has 10 heteroatoms. The summed E-state index contributed by atoms with van der Waals surface area (Å²) in [4.78, 5) is 0. The molecule has 0 saturated heterocycles. The molecule has 0 bridgehead atoms. The molecule has 0 aliphatic heterocycles. The van der Waals surface area contributed by atoms with E-state index >= 15 is 0 Å². The Balaban J connectivity index is 1.92. The van der Waals surface area contributed by atoms with Crippen LogP contribution in [-0.2, 0) is 27.3 Å². The molecule has 0 amide bonds. The minimum absolute atomic E-state index is 0.0187. The first kappa shape index (κ1) is 17.0. The topological polar surface area (TPSA) is 85.0 Å². The van der Waals surface area contributed by atoms with E-state index in [1.54, 1.807) is 0 Å². The second-order valence-electron chi connectivity index (χ2n) is 5.24. The number of hydrogen-bond donors (Lipinski definition) is 0. The third-order valence-electron chi connectivity index (χ3n) is 3.52. The molecule has 0 saturated carbocycles. The third kappa shape index (κ3) is 3.23.